The minimum atomic E-state index is -3.89. The summed E-state index contributed by atoms with van der Waals surface area (Å²) >= 11 is 0. The van der Waals surface area contributed by atoms with E-state index in [1.807, 2.05) is 38.1 Å². The minimum absolute atomic E-state index is 0.0170. The first kappa shape index (κ1) is 22.5. The molecule has 0 aliphatic heterocycles. The zero-order valence-electron chi connectivity index (χ0n) is 17.9. The van der Waals surface area contributed by atoms with E-state index < -0.39 is 10.0 Å². The van der Waals surface area contributed by atoms with E-state index >= 15 is 0 Å². The van der Waals surface area contributed by atoms with Gasteiger partial charge in [0.05, 0.1) is 18.4 Å². The van der Waals surface area contributed by atoms with Crippen molar-refractivity contribution in [3.8, 4) is 16.9 Å². The van der Waals surface area contributed by atoms with Crippen molar-refractivity contribution in [2.75, 3.05) is 12.4 Å². The second kappa shape index (κ2) is 9.32. The van der Waals surface area contributed by atoms with Crippen LogP contribution < -0.4 is 14.8 Å². The first-order valence-corrected chi connectivity index (χ1v) is 11.2. The number of methoxy groups -OCH3 is 1. The van der Waals surface area contributed by atoms with Crippen molar-refractivity contribution < 1.29 is 22.5 Å². The SMILES string of the molecule is CCc1noc(NC(C)=O)c1-c1ccc(OC)c(S(=O)(=O)NCc2ccc(C)cc2)c1. The van der Waals surface area contributed by atoms with Crippen molar-refractivity contribution in [2.45, 2.75) is 38.6 Å². The Hall–Kier alpha value is -3.17. The van der Waals surface area contributed by atoms with Crippen LogP contribution in [0.5, 0.6) is 5.75 Å². The summed E-state index contributed by atoms with van der Waals surface area (Å²) in [6, 6.07) is 12.4. The van der Waals surface area contributed by atoms with Crippen LogP contribution in [-0.4, -0.2) is 26.6 Å². The van der Waals surface area contributed by atoms with Crippen molar-refractivity contribution in [1.82, 2.24) is 9.88 Å². The third kappa shape index (κ3) is 5.12. The van der Waals surface area contributed by atoms with Crippen molar-refractivity contribution in [3.63, 3.8) is 0 Å². The molecule has 9 heteroatoms. The number of aryl methyl sites for hydroxylation is 2. The van der Waals surface area contributed by atoms with Gasteiger partial charge < -0.3 is 9.26 Å². The van der Waals surface area contributed by atoms with Crippen LogP contribution in [0.25, 0.3) is 11.1 Å². The molecular weight excluding hydrogens is 418 g/mol. The van der Waals surface area contributed by atoms with Gasteiger partial charge in [-0.05, 0) is 36.6 Å². The molecule has 1 aromatic heterocycles. The van der Waals surface area contributed by atoms with E-state index in [2.05, 4.69) is 15.2 Å². The lowest BCUT2D eigenvalue weighted by Gasteiger charge is -2.13. The van der Waals surface area contributed by atoms with Crippen molar-refractivity contribution in [2.24, 2.45) is 0 Å². The Balaban J connectivity index is 2.00. The summed E-state index contributed by atoms with van der Waals surface area (Å²) in [4.78, 5) is 11.5. The van der Waals surface area contributed by atoms with Gasteiger partial charge in [-0.1, -0.05) is 48.0 Å². The Labute approximate surface area is 181 Å². The van der Waals surface area contributed by atoms with Crippen LogP contribution in [0.1, 0.15) is 30.7 Å². The van der Waals surface area contributed by atoms with Gasteiger partial charge in [-0.3, -0.25) is 10.1 Å². The molecule has 0 radical (unpaired) electrons. The molecule has 0 saturated carbocycles. The Bertz CT molecular complexity index is 1180. The molecule has 0 spiro atoms. The maximum Gasteiger partial charge on any atom is 0.244 e. The molecule has 1 heterocycles. The highest BCUT2D eigenvalue weighted by molar-refractivity contribution is 7.89. The lowest BCUT2D eigenvalue weighted by atomic mass is 10.0. The number of hydrogen-bond acceptors (Lipinski definition) is 6. The van der Waals surface area contributed by atoms with Gasteiger partial charge in [0.25, 0.3) is 0 Å². The zero-order valence-corrected chi connectivity index (χ0v) is 18.7. The number of nitrogens with zero attached hydrogens (tertiary/aromatic N) is 1. The zero-order chi connectivity index (χ0) is 22.6. The molecule has 3 rings (SSSR count). The number of anilines is 1. The molecule has 1 amide bonds. The third-order valence-corrected chi connectivity index (χ3v) is 6.14. The summed E-state index contributed by atoms with van der Waals surface area (Å²) in [5.41, 5.74) is 3.61. The van der Waals surface area contributed by atoms with E-state index in [-0.39, 0.29) is 29.0 Å². The van der Waals surface area contributed by atoms with Gasteiger partial charge >= 0.3 is 0 Å². The Morgan fingerprint density at radius 1 is 1.16 bits per heavy atom. The van der Waals surface area contributed by atoms with E-state index in [1.54, 1.807) is 12.1 Å². The van der Waals surface area contributed by atoms with Crippen LogP contribution in [0.2, 0.25) is 0 Å². The van der Waals surface area contributed by atoms with Crippen LogP contribution >= 0.6 is 0 Å². The highest BCUT2D eigenvalue weighted by Gasteiger charge is 2.24. The van der Waals surface area contributed by atoms with Crippen LogP contribution in [0.3, 0.4) is 0 Å². The van der Waals surface area contributed by atoms with E-state index in [9.17, 15) is 13.2 Å². The molecule has 0 bridgehead atoms. The van der Waals surface area contributed by atoms with Gasteiger partial charge in [-0.2, -0.15) is 0 Å². The molecular formula is C22H25N3O5S. The number of carbonyl (C=O) groups is 1. The first-order chi connectivity index (χ1) is 14.7. The van der Waals surface area contributed by atoms with Gasteiger partial charge in [0.1, 0.15) is 10.6 Å². The number of carbonyl (C=O) groups excluding carboxylic acids is 1. The first-order valence-electron chi connectivity index (χ1n) is 9.75. The number of rotatable bonds is 8. The Morgan fingerprint density at radius 2 is 1.87 bits per heavy atom. The Kier molecular flexibility index (Phi) is 6.77. The highest BCUT2D eigenvalue weighted by atomic mass is 32.2. The van der Waals surface area contributed by atoms with Gasteiger partial charge in [0.15, 0.2) is 0 Å². The number of amides is 1. The molecule has 2 aromatic carbocycles. The van der Waals surface area contributed by atoms with Crippen LogP contribution in [0, 0.1) is 6.92 Å². The molecule has 0 unspecified atom stereocenters. The largest absolute Gasteiger partial charge is 0.495 e. The molecule has 0 saturated heterocycles. The summed E-state index contributed by atoms with van der Waals surface area (Å²) < 4.78 is 39.4. The van der Waals surface area contributed by atoms with E-state index in [0.717, 1.165) is 11.1 Å². The number of ether oxygens (including phenoxy) is 1. The summed E-state index contributed by atoms with van der Waals surface area (Å²) in [7, 11) is -2.48. The monoisotopic (exact) mass is 443 g/mol. The second-order valence-corrected chi connectivity index (χ2v) is 8.78. The summed E-state index contributed by atoms with van der Waals surface area (Å²) in [6.07, 6.45) is 0.540. The van der Waals surface area contributed by atoms with E-state index in [0.29, 0.717) is 23.2 Å². The Morgan fingerprint density at radius 3 is 2.48 bits per heavy atom. The molecule has 0 aliphatic carbocycles. The van der Waals surface area contributed by atoms with E-state index in [4.69, 9.17) is 9.26 Å². The molecule has 2 N–H and O–H groups in total. The molecule has 0 atom stereocenters. The number of benzene rings is 2. The lowest BCUT2D eigenvalue weighted by Crippen LogP contribution is -2.23. The predicted molar refractivity (Wildman–Crippen MR) is 117 cm³/mol. The molecule has 0 fully saturated rings. The van der Waals surface area contributed by atoms with Gasteiger partial charge in [0.2, 0.25) is 21.8 Å². The smallest absolute Gasteiger partial charge is 0.244 e. The average Bonchev–Trinajstić information content (AvgIpc) is 3.14. The summed E-state index contributed by atoms with van der Waals surface area (Å²) in [5, 5.41) is 6.60. The molecule has 3 aromatic rings. The quantitative estimate of drug-likeness (QED) is 0.550. The normalized spacial score (nSPS) is 11.4. The van der Waals surface area contributed by atoms with Gasteiger partial charge in [-0.15, -0.1) is 0 Å². The average molecular weight is 444 g/mol. The lowest BCUT2D eigenvalue weighted by molar-refractivity contribution is -0.114. The summed E-state index contributed by atoms with van der Waals surface area (Å²) in [6.45, 7) is 5.36. The summed E-state index contributed by atoms with van der Waals surface area (Å²) in [5.74, 6) is 0.0578. The second-order valence-electron chi connectivity index (χ2n) is 7.04. The minimum Gasteiger partial charge on any atom is -0.495 e. The van der Waals surface area contributed by atoms with Crippen LogP contribution in [0.15, 0.2) is 51.9 Å². The fourth-order valence-corrected chi connectivity index (χ4v) is 4.32. The van der Waals surface area contributed by atoms with Gasteiger partial charge in [0, 0.05) is 13.5 Å². The molecule has 0 aliphatic rings. The molecule has 164 valence electrons. The van der Waals surface area contributed by atoms with Crippen molar-refractivity contribution in [3.05, 3.63) is 59.3 Å². The van der Waals surface area contributed by atoms with Crippen LogP contribution in [-0.2, 0) is 27.8 Å². The number of nitrogens with one attached hydrogen (secondary N) is 2. The third-order valence-electron chi connectivity index (χ3n) is 4.72. The number of hydrogen-bond donors (Lipinski definition) is 2. The highest BCUT2D eigenvalue weighted by Crippen LogP contribution is 2.36. The predicted octanol–water partition coefficient (Wildman–Crippen LogP) is 3.66. The number of aromatic nitrogens is 1. The van der Waals surface area contributed by atoms with Crippen LogP contribution in [0.4, 0.5) is 5.88 Å². The fraction of sp³-hybridized carbons (Fsp3) is 0.273. The fourth-order valence-electron chi connectivity index (χ4n) is 3.11. The van der Waals surface area contributed by atoms with Gasteiger partial charge in [-0.25, -0.2) is 13.1 Å². The van der Waals surface area contributed by atoms with Crippen molar-refractivity contribution in [1.29, 1.82) is 0 Å². The molecule has 31 heavy (non-hydrogen) atoms. The standard InChI is InChI=1S/C22H25N3O5S/c1-5-18-21(22(30-25-18)24-15(3)26)17-10-11-19(29-4)20(12-17)31(27,28)23-13-16-8-6-14(2)7-9-16/h6-12,23H,5,13H2,1-4H3,(H,24,26). The number of sulfonamides is 1. The maximum absolute atomic E-state index is 13.1. The molecule has 8 nitrogen and oxygen atoms in total. The van der Waals surface area contributed by atoms with Crippen molar-refractivity contribution >= 4 is 21.8 Å². The maximum atomic E-state index is 13.1. The topological polar surface area (TPSA) is 111 Å². The van der Waals surface area contributed by atoms with E-state index in [1.165, 1.54) is 20.1 Å².